The summed E-state index contributed by atoms with van der Waals surface area (Å²) in [6.07, 6.45) is 0. The molecule has 0 aromatic heterocycles. The van der Waals surface area contributed by atoms with E-state index < -0.39 is 4.92 Å². The van der Waals surface area contributed by atoms with E-state index in [9.17, 15) is 15.2 Å². The van der Waals surface area contributed by atoms with Gasteiger partial charge in [-0.05, 0) is 29.3 Å². The van der Waals surface area contributed by atoms with Crippen molar-refractivity contribution in [2.45, 2.75) is 6.61 Å². The van der Waals surface area contributed by atoms with Crippen molar-refractivity contribution >= 4 is 5.69 Å². The van der Waals surface area contributed by atoms with Crippen molar-refractivity contribution in [2.24, 2.45) is 0 Å². The number of nitro groups is 1. The lowest BCUT2D eigenvalue weighted by molar-refractivity contribution is -0.384. The molecule has 0 fully saturated rings. The molecule has 3 rings (SSSR count). The van der Waals surface area contributed by atoms with Crippen LogP contribution in [0.3, 0.4) is 0 Å². The van der Waals surface area contributed by atoms with Gasteiger partial charge in [-0.2, -0.15) is 0 Å². The van der Waals surface area contributed by atoms with Crippen LogP contribution in [0.15, 0.2) is 36.4 Å². The van der Waals surface area contributed by atoms with Crippen molar-refractivity contribution in [3.8, 4) is 22.6 Å². The predicted molar refractivity (Wildman–Crippen MR) is 70.6 cm³/mol. The van der Waals surface area contributed by atoms with Crippen molar-refractivity contribution in [1.82, 2.24) is 0 Å². The fourth-order valence-corrected chi connectivity index (χ4v) is 2.23. The summed E-state index contributed by atoms with van der Waals surface area (Å²) >= 11 is 0. The standard InChI is InChI=1S/C14H11NO5/c16-7-9-5-13-14(20-8-19-13)6-11(9)10-3-1-2-4-12(10)15(17)18/h1-6,16H,7-8H2. The lowest BCUT2D eigenvalue weighted by Crippen LogP contribution is -1.95. The van der Waals surface area contributed by atoms with Gasteiger partial charge < -0.3 is 14.6 Å². The van der Waals surface area contributed by atoms with Crippen LogP contribution in [0.2, 0.25) is 0 Å². The van der Waals surface area contributed by atoms with E-state index in [0.717, 1.165) is 0 Å². The van der Waals surface area contributed by atoms with Crippen molar-refractivity contribution in [3.05, 3.63) is 52.1 Å². The lowest BCUT2D eigenvalue weighted by atomic mass is 9.98. The largest absolute Gasteiger partial charge is 0.454 e. The molecule has 6 nitrogen and oxygen atoms in total. The molecule has 0 bridgehead atoms. The molecule has 6 heteroatoms. The van der Waals surface area contributed by atoms with Gasteiger partial charge in [-0.25, -0.2) is 0 Å². The summed E-state index contributed by atoms with van der Waals surface area (Å²) in [7, 11) is 0. The highest BCUT2D eigenvalue weighted by Gasteiger charge is 2.22. The minimum Gasteiger partial charge on any atom is -0.454 e. The minimum absolute atomic E-state index is 0.0129. The highest BCUT2D eigenvalue weighted by atomic mass is 16.7. The Morgan fingerprint density at radius 2 is 1.85 bits per heavy atom. The molecule has 1 aliphatic heterocycles. The Labute approximate surface area is 114 Å². The van der Waals surface area contributed by atoms with E-state index in [-0.39, 0.29) is 19.1 Å². The lowest BCUT2D eigenvalue weighted by Gasteiger charge is -2.09. The van der Waals surface area contributed by atoms with Crippen LogP contribution in [0, 0.1) is 10.1 Å². The van der Waals surface area contributed by atoms with Crippen LogP contribution >= 0.6 is 0 Å². The van der Waals surface area contributed by atoms with Crippen LogP contribution < -0.4 is 9.47 Å². The molecule has 0 unspecified atom stereocenters. The van der Waals surface area contributed by atoms with E-state index in [1.54, 1.807) is 30.3 Å². The molecule has 0 amide bonds. The number of para-hydroxylation sites is 1. The van der Waals surface area contributed by atoms with E-state index in [4.69, 9.17) is 9.47 Å². The highest BCUT2D eigenvalue weighted by Crippen LogP contribution is 2.41. The van der Waals surface area contributed by atoms with Crippen LogP contribution in [-0.2, 0) is 6.61 Å². The zero-order valence-electron chi connectivity index (χ0n) is 10.4. The molecule has 20 heavy (non-hydrogen) atoms. The number of nitro benzene ring substituents is 1. The molecule has 2 aromatic carbocycles. The van der Waals surface area contributed by atoms with Crippen LogP contribution in [0.4, 0.5) is 5.69 Å². The fourth-order valence-electron chi connectivity index (χ4n) is 2.23. The van der Waals surface area contributed by atoms with Gasteiger partial charge in [0, 0.05) is 6.07 Å². The quantitative estimate of drug-likeness (QED) is 0.686. The first-order valence-corrected chi connectivity index (χ1v) is 5.98. The smallest absolute Gasteiger partial charge is 0.277 e. The maximum atomic E-state index is 11.1. The van der Waals surface area contributed by atoms with Crippen molar-refractivity contribution in [1.29, 1.82) is 0 Å². The van der Waals surface area contributed by atoms with Gasteiger partial charge in [0.15, 0.2) is 11.5 Å². The molecule has 102 valence electrons. The maximum absolute atomic E-state index is 11.1. The first kappa shape index (κ1) is 12.4. The molecule has 0 saturated carbocycles. The van der Waals surface area contributed by atoms with Gasteiger partial charge in [-0.15, -0.1) is 0 Å². The number of aliphatic hydroxyl groups is 1. The molecule has 0 spiro atoms. The van der Waals surface area contributed by atoms with E-state index in [0.29, 0.717) is 28.2 Å². The van der Waals surface area contributed by atoms with E-state index in [1.165, 1.54) is 6.07 Å². The second-order valence-electron chi connectivity index (χ2n) is 4.29. The third-order valence-electron chi connectivity index (χ3n) is 3.16. The number of hydrogen-bond acceptors (Lipinski definition) is 5. The Kier molecular flexibility index (Phi) is 3.00. The first-order chi connectivity index (χ1) is 9.70. The summed E-state index contributed by atoms with van der Waals surface area (Å²) in [6, 6.07) is 9.71. The second kappa shape index (κ2) is 4.82. The third-order valence-corrected chi connectivity index (χ3v) is 3.16. The second-order valence-corrected chi connectivity index (χ2v) is 4.29. The van der Waals surface area contributed by atoms with Gasteiger partial charge >= 0.3 is 0 Å². The number of benzene rings is 2. The number of nitrogens with zero attached hydrogens (tertiary/aromatic N) is 1. The normalized spacial score (nSPS) is 12.4. The number of hydrogen-bond donors (Lipinski definition) is 1. The van der Waals surface area contributed by atoms with E-state index in [1.807, 2.05) is 0 Å². The summed E-state index contributed by atoms with van der Waals surface area (Å²) < 4.78 is 10.5. The van der Waals surface area contributed by atoms with Gasteiger partial charge in [0.25, 0.3) is 5.69 Å². The molecule has 2 aromatic rings. The zero-order valence-corrected chi connectivity index (χ0v) is 10.4. The topological polar surface area (TPSA) is 81.8 Å². The molecule has 1 heterocycles. The Hall–Kier alpha value is -2.60. The van der Waals surface area contributed by atoms with Gasteiger partial charge in [-0.3, -0.25) is 10.1 Å². The fraction of sp³-hybridized carbons (Fsp3) is 0.143. The molecule has 0 atom stereocenters. The summed E-state index contributed by atoms with van der Waals surface area (Å²) in [4.78, 5) is 10.7. The Balaban J connectivity index is 2.22. The van der Waals surface area contributed by atoms with Gasteiger partial charge in [0.1, 0.15) is 0 Å². The number of aliphatic hydroxyl groups excluding tert-OH is 1. The van der Waals surface area contributed by atoms with Crippen LogP contribution in [-0.4, -0.2) is 16.8 Å². The molecule has 1 N–H and O–H groups in total. The summed E-state index contributed by atoms with van der Waals surface area (Å²) in [5, 5.41) is 20.6. The molecule has 0 aliphatic carbocycles. The highest BCUT2D eigenvalue weighted by molar-refractivity contribution is 5.78. The SMILES string of the molecule is O=[N+]([O-])c1ccccc1-c1cc2c(cc1CO)OCO2. The number of ether oxygens (including phenoxy) is 2. The van der Waals surface area contributed by atoms with E-state index >= 15 is 0 Å². The summed E-state index contributed by atoms with van der Waals surface area (Å²) in [5.74, 6) is 1.06. The molecule has 0 saturated heterocycles. The molecular formula is C14H11NO5. The maximum Gasteiger partial charge on any atom is 0.277 e. The predicted octanol–water partition coefficient (Wildman–Crippen LogP) is 2.48. The van der Waals surface area contributed by atoms with Gasteiger partial charge in [0.2, 0.25) is 6.79 Å². The number of fused-ring (bicyclic) bond motifs is 1. The molecule has 0 radical (unpaired) electrons. The Bertz CT molecular complexity index is 683. The van der Waals surface area contributed by atoms with Crippen LogP contribution in [0.5, 0.6) is 11.5 Å². The zero-order chi connectivity index (χ0) is 14.1. The Morgan fingerprint density at radius 3 is 2.55 bits per heavy atom. The third kappa shape index (κ3) is 1.96. The van der Waals surface area contributed by atoms with Gasteiger partial charge in [-0.1, -0.05) is 12.1 Å². The number of rotatable bonds is 3. The summed E-state index contributed by atoms with van der Waals surface area (Å²) in [6.45, 7) is -0.126. The Morgan fingerprint density at radius 1 is 1.15 bits per heavy atom. The summed E-state index contributed by atoms with van der Waals surface area (Å²) in [5.41, 5.74) is 1.56. The van der Waals surface area contributed by atoms with Gasteiger partial charge in [0.05, 0.1) is 17.1 Å². The van der Waals surface area contributed by atoms with Crippen LogP contribution in [0.1, 0.15) is 5.56 Å². The minimum atomic E-state index is -0.443. The molecular weight excluding hydrogens is 262 g/mol. The van der Waals surface area contributed by atoms with Crippen LogP contribution in [0.25, 0.3) is 11.1 Å². The van der Waals surface area contributed by atoms with Crippen molar-refractivity contribution in [3.63, 3.8) is 0 Å². The molecule has 1 aliphatic rings. The van der Waals surface area contributed by atoms with E-state index in [2.05, 4.69) is 0 Å². The van der Waals surface area contributed by atoms with Crippen molar-refractivity contribution in [2.75, 3.05) is 6.79 Å². The first-order valence-electron chi connectivity index (χ1n) is 5.98. The average molecular weight is 273 g/mol. The van der Waals surface area contributed by atoms with Crippen molar-refractivity contribution < 1.29 is 19.5 Å². The average Bonchev–Trinajstić information content (AvgIpc) is 2.93. The monoisotopic (exact) mass is 273 g/mol.